The van der Waals surface area contributed by atoms with Gasteiger partial charge < -0.3 is 13.6 Å². The number of thioether (sulfide) groups is 1. The molecule has 0 saturated heterocycles. The standard InChI is InChI=1S/C23H17ClN2O5S/c24-17-6-4-13(5-7-17)22-25-26-23(31-22)32-12-21(28)29-11-16-10-20(27)30-19-9-15-3-1-2-14(15)8-18(16)19/h4-10H,1-3,11-12H2. The second kappa shape index (κ2) is 8.80. The average Bonchev–Trinajstić information content (AvgIpc) is 3.44. The molecule has 9 heteroatoms. The molecule has 2 aromatic heterocycles. The van der Waals surface area contributed by atoms with Crippen molar-refractivity contribution in [2.24, 2.45) is 0 Å². The van der Waals surface area contributed by atoms with Crippen LogP contribution in [0.2, 0.25) is 5.02 Å². The monoisotopic (exact) mass is 468 g/mol. The summed E-state index contributed by atoms with van der Waals surface area (Å²) in [6, 6.07) is 12.3. The summed E-state index contributed by atoms with van der Waals surface area (Å²) in [5.74, 6) is -0.117. The number of hydrogen-bond acceptors (Lipinski definition) is 8. The Balaban J connectivity index is 1.23. The molecule has 1 aliphatic carbocycles. The van der Waals surface area contributed by atoms with E-state index in [9.17, 15) is 9.59 Å². The van der Waals surface area contributed by atoms with Crippen molar-refractivity contribution in [1.82, 2.24) is 10.2 Å². The van der Waals surface area contributed by atoms with Crippen molar-refractivity contribution in [3.8, 4) is 11.5 Å². The van der Waals surface area contributed by atoms with Gasteiger partial charge >= 0.3 is 11.6 Å². The van der Waals surface area contributed by atoms with Crippen molar-refractivity contribution < 1.29 is 18.4 Å². The van der Waals surface area contributed by atoms with Crippen LogP contribution in [0.3, 0.4) is 0 Å². The number of nitrogens with zero attached hydrogens (tertiary/aromatic N) is 2. The van der Waals surface area contributed by atoms with Crippen LogP contribution in [0.25, 0.3) is 22.4 Å². The number of benzene rings is 2. The molecule has 7 nitrogen and oxygen atoms in total. The molecular weight excluding hydrogens is 452 g/mol. The molecule has 162 valence electrons. The Morgan fingerprint density at radius 3 is 2.66 bits per heavy atom. The van der Waals surface area contributed by atoms with E-state index in [-0.39, 0.29) is 17.6 Å². The van der Waals surface area contributed by atoms with Gasteiger partial charge in [0, 0.05) is 27.6 Å². The highest BCUT2D eigenvalue weighted by molar-refractivity contribution is 7.99. The van der Waals surface area contributed by atoms with Crippen LogP contribution in [0, 0.1) is 0 Å². The van der Waals surface area contributed by atoms with Crippen LogP contribution in [0.1, 0.15) is 23.1 Å². The summed E-state index contributed by atoms with van der Waals surface area (Å²) < 4.78 is 16.3. The van der Waals surface area contributed by atoms with Crippen LogP contribution in [-0.4, -0.2) is 21.9 Å². The van der Waals surface area contributed by atoms with Crippen molar-refractivity contribution in [2.75, 3.05) is 5.75 Å². The first-order chi connectivity index (χ1) is 15.5. The zero-order valence-corrected chi connectivity index (χ0v) is 18.4. The Morgan fingerprint density at radius 2 is 1.84 bits per heavy atom. The number of ether oxygens (including phenoxy) is 1. The first kappa shape index (κ1) is 20.8. The Labute approximate surface area is 191 Å². The van der Waals surface area contributed by atoms with E-state index in [1.807, 2.05) is 12.1 Å². The molecule has 0 N–H and O–H groups in total. The summed E-state index contributed by atoms with van der Waals surface area (Å²) in [7, 11) is 0. The molecule has 1 aliphatic rings. The second-order valence-corrected chi connectivity index (χ2v) is 8.75. The predicted octanol–water partition coefficient (Wildman–Crippen LogP) is 4.82. The zero-order valence-electron chi connectivity index (χ0n) is 16.8. The fourth-order valence-electron chi connectivity index (χ4n) is 3.71. The Kier molecular flexibility index (Phi) is 5.71. The number of carbonyl (C=O) groups excluding carboxylic acids is 1. The number of rotatable bonds is 6. The lowest BCUT2D eigenvalue weighted by Crippen LogP contribution is -2.09. The van der Waals surface area contributed by atoms with Gasteiger partial charge in [0.2, 0.25) is 5.89 Å². The van der Waals surface area contributed by atoms with E-state index >= 15 is 0 Å². The highest BCUT2D eigenvalue weighted by atomic mass is 35.5. The van der Waals surface area contributed by atoms with Crippen LogP contribution < -0.4 is 5.63 Å². The maximum Gasteiger partial charge on any atom is 0.336 e. The molecule has 2 aromatic carbocycles. The number of hydrogen-bond donors (Lipinski definition) is 0. The number of halogens is 1. The van der Waals surface area contributed by atoms with Gasteiger partial charge in [-0.2, -0.15) is 0 Å². The average molecular weight is 469 g/mol. The van der Waals surface area contributed by atoms with Crippen LogP contribution in [0.4, 0.5) is 0 Å². The second-order valence-electron chi connectivity index (χ2n) is 7.39. The predicted molar refractivity (Wildman–Crippen MR) is 120 cm³/mol. The summed E-state index contributed by atoms with van der Waals surface area (Å²) in [4.78, 5) is 24.2. The molecule has 0 unspecified atom stereocenters. The number of esters is 1. The quantitative estimate of drug-likeness (QED) is 0.226. The number of aromatic nitrogens is 2. The van der Waals surface area contributed by atoms with Crippen molar-refractivity contribution in [2.45, 2.75) is 31.1 Å². The molecular formula is C23H17ClN2O5S. The van der Waals surface area contributed by atoms with Gasteiger partial charge in [-0.1, -0.05) is 23.4 Å². The Bertz CT molecular complexity index is 1360. The third kappa shape index (κ3) is 4.42. The first-order valence-corrected chi connectivity index (χ1v) is 11.4. The smallest absolute Gasteiger partial charge is 0.336 e. The molecule has 5 rings (SSSR count). The molecule has 4 aromatic rings. The van der Waals surface area contributed by atoms with Crippen LogP contribution in [-0.2, 0) is 29.0 Å². The Hall–Kier alpha value is -3.10. The largest absolute Gasteiger partial charge is 0.460 e. The fourth-order valence-corrected chi connectivity index (χ4v) is 4.40. The molecule has 0 fully saturated rings. The summed E-state index contributed by atoms with van der Waals surface area (Å²) in [6.07, 6.45) is 3.08. The summed E-state index contributed by atoms with van der Waals surface area (Å²) in [6.45, 7) is -0.0138. The van der Waals surface area contributed by atoms with Gasteiger partial charge in [0.1, 0.15) is 17.9 Å². The molecule has 0 spiro atoms. The normalized spacial score (nSPS) is 12.8. The van der Waals surface area contributed by atoms with Gasteiger partial charge in [-0.3, -0.25) is 4.79 Å². The summed E-state index contributed by atoms with van der Waals surface area (Å²) >= 11 is 6.97. The SMILES string of the molecule is O=C(CSc1nnc(-c2ccc(Cl)cc2)o1)OCc1cc(=O)oc2cc3c(cc12)CCC3. The lowest BCUT2D eigenvalue weighted by molar-refractivity contribution is -0.141. The maximum atomic E-state index is 12.3. The van der Waals surface area contributed by atoms with Crippen LogP contribution in [0.5, 0.6) is 0 Å². The molecule has 32 heavy (non-hydrogen) atoms. The zero-order chi connectivity index (χ0) is 22.1. The first-order valence-electron chi connectivity index (χ1n) is 10.0. The minimum absolute atomic E-state index is 0.00295. The van der Waals surface area contributed by atoms with Gasteiger partial charge in [-0.15, -0.1) is 10.2 Å². The molecule has 2 heterocycles. The van der Waals surface area contributed by atoms with Crippen LogP contribution >= 0.6 is 23.4 Å². The lowest BCUT2D eigenvalue weighted by Gasteiger charge is -2.08. The minimum Gasteiger partial charge on any atom is -0.460 e. The van der Waals surface area contributed by atoms with Crippen molar-refractivity contribution in [1.29, 1.82) is 0 Å². The summed E-state index contributed by atoms with van der Waals surface area (Å²) in [5, 5.41) is 9.59. The lowest BCUT2D eigenvalue weighted by atomic mass is 10.0. The van der Waals surface area contributed by atoms with Crippen molar-refractivity contribution >= 4 is 40.3 Å². The minimum atomic E-state index is -0.462. The van der Waals surface area contributed by atoms with E-state index in [4.69, 9.17) is 25.2 Å². The van der Waals surface area contributed by atoms with Crippen LogP contribution in [0.15, 0.2) is 61.3 Å². The summed E-state index contributed by atoms with van der Waals surface area (Å²) in [5.41, 5.74) is 3.89. The maximum absolute atomic E-state index is 12.3. The van der Waals surface area contributed by atoms with Gasteiger partial charge in [0.25, 0.3) is 5.22 Å². The van der Waals surface area contributed by atoms with E-state index < -0.39 is 11.6 Å². The Morgan fingerprint density at radius 1 is 1.06 bits per heavy atom. The highest BCUT2D eigenvalue weighted by Gasteiger charge is 2.17. The van der Waals surface area contributed by atoms with E-state index in [0.717, 1.165) is 42.0 Å². The molecule has 0 aliphatic heterocycles. The topological polar surface area (TPSA) is 95.4 Å². The molecule has 0 radical (unpaired) electrons. The third-order valence-electron chi connectivity index (χ3n) is 5.24. The third-order valence-corrected chi connectivity index (χ3v) is 6.29. The number of fused-ring (bicyclic) bond motifs is 2. The van der Waals surface area contributed by atoms with Crippen molar-refractivity contribution in [3.05, 3.63) is 74.6 Å². The molecule has 0 saturated carbocycles. The van der Waals surface area contributed by atoms with Crippen molar-refractivity contribution in [3.63, 3.8) is 0 Å². The highest BCUT2D eigenvalue weighted by Crippen LogP contribution is 2.29. The van der Waals surface area contributed by atoms with E-state index in [1.54, 1.807) is 24.3 Å². The van der Waals surface area contributed by atoms with E-state index in [2.05, 4.69) is 10.2 Å². The molecule has 0 bridgehead atoms. The van der Waals surface area contributed by atoms with Gasteiger partial charge in [-0.05, 0) is 66.8 Å². The van der Waals surface area contributed by atoms with E-state index in [0.29, 0.717) is 22.1 Å². The number of carbonyl (C=O) groups is 1. The fraction of sp³-hybridized carbons (Fsp3) is 0.217. The number of aryl methyl sites for hydroxylation is 2. The molecule has 0 amide bonds. The molecule has 0 atom stereocenters. The van der Waals surface area contributed by atoms with Gasteiger partial charge in [0.05, 0.1) is 0 Å². The van der Waals surface area contributed by atoms with Gasteiger partial charge in [0.15, 0.2) is 0 Å². The van der Waals surface area contributed by atoms with E-state index in [1.165, 1.54) is 17.2 Å². The van der Waals surface area contributed by atoms with Gasteiger partial charge in [-0.25, -0.2) is 4.79 Å².